The molecule has 1 aromatic rings. The Morgan fingerprint density at radius 2 is 2.29 bits per heavy atom. The largest absolute Gasteiger partial charge is 0.387 e. The zero-order valence-corrected chi connectivity index (χ0v) is 9.39. The highest BCUT2D eigenvalue weighted by atomic mass is 32.1. The van der Waals surface area contributed by atoms with E-state index in [-0.39, 0.29) is 0 Å². The molecule has 0 saturated heterocycles. The van der Waals surface area contributed by atoms with Gasteiger partial charge < -0.3 is 5.11 Å². The molecule has 1 N–H and O–H groups in total. The maximum Gasteiger partial charge on any atom is 0.0940 e. The first kappa shape index (κ1) is 10.1. The van der Waals surface area contributed by atoms with E-state index in [4.69, 9.17) is 0 Å². The van der Waals surface area contributed by atoms with Gasteiger partial charge in [-0.25, -0.2) is 4.98 Å². The molecule has 1 unspecified atom stereocenters. The molecule has 0 amide bonds. The van der Waals surface area contributed by atoms with Crippen LogP contribution in [0.3, 0.4) is 0 Å². The van der Waals surface area contributed by atoms with E-state index in [0.717, 1.165) is 18.0 Å². The molecule has 2 nitrogen and oxygen atoms in total. The third kappa shape index (κ3) is 2.34. The highest BCUT2D eigenvalue weighted by molar-refractivity contribution is 7.09. The smallest absolute Gasteiger partial charge is 0.0940 e. The molecule has 1 fully saturated rings. The van der Waals surface area contributed by atoms with Crippen molar-refractivity contribution in [3.05, 3.63) is 16.1 Å². The minimum atomic E-state index is -0.413. The summed E-state index contributed by atoms with van der Waals surface area (Å²) in [5, 5.41) is 12.5. The summed E-state index contributed by atoms with van der Waals surface area (Å²) in [6.07, 6.45) is 6.21. The zero-order chi connectivity index (χ0) is 9.97. The standard InChI is InChI=1S/C11H17NOS/c1-8(13)10-7-14-11(12-10)6-9-4-2-3-5-9/h7-9,13H,2-6H2,1H3. The normalized spacial score (nSPS) is 20.1. The van der Waals surface area contributed by atoms with Crippen molar-refractivity contribution in [2.45, 2.75) is 45.1 Å². The lowest BCUT2D eigenvalue weighted by Gasteiger charge is -2.04. The number of aromatic nitrogens is 1. The summed E-state index contributed by atoms with van der Waals surface area (Å²) >= 11 is 1.69. The Hall–Kier alpha value is -0.410. The first-order valence-corrected chi connectivity index (χ1v) is 6.26. The maximum absolute atomic E-state index is 9.34. The number of nitrogens with zero attached hydrogens (tertiary/aromatic N) is 1. The van der Waals surface area contributed by atoms with Crippen LogP contribution >= 0.6 is 11.3 Å². The molecule has 1 atom stereocenters. The molecule has 1 aliphatic carbocycles. The third-order valence-electron chi connectivity index (χ3n) is 2.94. The number of hydrogen-bond donors (Lipinski definition) is 1. The van der Waals surface area contributed by atoms with Crippen molar-refractivity contribution < 1.29 is 5.11 Å². The quantitative estimate of drug-likeness (QED) is 0.834. The van der Waals surface area contributed by atoms with E-state index in [0.29, 0.717) is 0 Å². The van der Waals surface area contributed by atoms with Crippen LogP contribution in [0.25, 0.3) is 0 Å². The molecule has 3 heteroatoms. The minimum Gasteiger partial charge on any atom is -0.387 e. The van der Waals surface area contributed by atoms with Gasteiger partial charge in [0.2, 0.25) is 0 Å². The Morgan fingerprint density at radius 1 is 1.57 bits per heavy atom. The Kier molecular flexibility index (Phi) is 3.19. The average molecular weight is 211 g/mol. The maximum atomic E-state index is 9.34. The highest BCUT2D eigenvalue weighted by Gasteiger charge is 2.17. The molecule has 1 heterocycles. The molecule has 1 saturated carbocycles. The molecule has 0 aromatic carbocycles. The SMILES string of the molecule is CC(O)c1csc(CC2CCCC2)n1. The number of aliphatic hydroxyl groups is 1. The molecule has 14 heavy (non-hydrogen) atoms. The topological polar surface area (TPSA) is 33.1 Å². The van der Waals surface area contributed by atoms with Crippen LogP contribution in [0.4, 0.5) is 0 Å². The van der Waals surface area contributed by atoms with Gasteiger partial charge in [-0.05, 0) is 12.8 Å². The summed E-state index contributed by atoms with van der Waals surface area (Å²) in [4.78, 5) is 4.44. The Morgan fingerprint density at radius 3 is 2.86 bits per heavy atom. The summed E-state index contributed by atoms with van der Waals surface area (Å²) < 4.78 is 0. The molecular weight excluding hydrogens is 194 g/mol. The minimum absolute atomic E-state index is 0.413. The van der Waals surface area contributed by atoms with Crippen molar-refractivity contribution >= 4 is 11.3 Å². The van der Waals surface area contributed by atoms with Crippen LogP contribution in [0.5, 0.6) is 0 Å². The fourth-order valence-corrected chi connectivity index (χ4v) is 3.07. The van der Waals surface area contributed by atoms with Gasteiger partial charge in [0.05, 0.1) is 16.8 Å². The van der Waals surface area contributed by atoms with E-state index in [2.05, 4.69) is 4.98 Å². The second-order valence-corrected chi connectivity index (χ2v) is 5.14. The molecule has 0 radical (unpaired) electrons. The number of rotatable bonds is 3. The molecule has 0 spiro atoms. The van der Waals surface area contributed by atoms with E-state index in [9.17, 15) is 5.11 Å². The second kappa shape index (κ2) is 4.41. The van der Waals surface area contributed by atoms with Crippen LogP contribution in [0.1, 0.15) is 49.4 Å². The van der Waals surface area contributed by atoms with Crippen LogP contribution in [-0.4, -0.2) is 10.1 Å². The van der Waals surface area contributed by atoms with Gasteiger partial charge in [-0.3, -0.25) is 0 Å². The van der Waals surface area contributed by atoms with Crippen LogP contribution in [0.2, 0.25) is 0 Å². The van der Waals surface area contributed by atoms with E-state index in [1.807, 2.05) is 5.38 Å². The fraction of sp³-hybridized carbons (Fsp3) is 0.727. The predicted molar refractivity (Wildman–Crippen MR) is 58.4 cm³/mol. The van der Waals surface area contributed by atoms with Gasteiger partial charge in [0.25, 0.3) is 0 Å². The van der Waals surface area contributed by atoms with Crippen molar-refractivity contribution in [3.8, 4) is 0 Å². The summed E-state index contributed by atoms with van der Waals surface area (Å²) in [5.74, 6) is 0.850. The van der Waals surface area contributed by atoms with Gasteiger partial charge in [0, 0.05) is 11.8 Å². The van der Waals surface area contributed by atoms with Crippen LogP contribution in [-0.2, 0) is 6.42 Å². The Bertz CT molecular complexity index is 289. The molecule has 0 aliphatic heterocycles. The summed E-state index contributed by atoms with van der Waals surface area (Å²) in [5.41, 5.74) is 0.836. The Balaban J connectivity index is 1.95. The summed E-state index contributed by atoms with van der Waals surface area (Å²) in [7, 11) is 0. The lowest BCUT2D eigenvalue weighted by molar-refractivity contribution is 0.195. The molecular formula is C11H17NOS. The first-order chi connectivity index (χ1) is 6.75. The number of thiazole rings is 1. The molecule has 78 valence electrons. The molecule has 1 aliphatic rings. The van der Waals surface area contributed by atoms with Crippen molar-refractivity contribution in [2.24, 2.45) is 5.92 Å². The van der Waals surface area contributed by atoms with E-state index < -0.39 is 6.10 Å². The van der Waals surface area contributed by atoms with Crippen LogP contribution < -0.4 is 0 Å². The van der Waals surface area contributed by atoms with Gasteiger partial charge in [-0.15, -0.1) is 11.3 Å². The fourth-order valence-electron chi connectivity index (χ4n) is 2.07. The number of aliphatic hydroxyl groups excluding tert-OH is 1. The number of hydrogen-bond acceptors (Lipinski definition) is 3. The molecule has 0 bridgehead atoms. The molecule has 1 aromatic heterocycles. The summed E-state index contributed by atoms with van der Waals surface area (Å²) in [6, 6.07) is 0. The monoisotopic (exact) mass is 211 g/mol. The lowest BCUT2D eigenvalue weighted by Crippen LogP contribution is -1.99. The predicted octanol–water partition coefficient (Wildman–Crippen LogP) is 2.93. The van der Waals surface area contributed by atoms with Crippen molar-refractivity contribution in [1.29, 1.82) is 0 Å². The zero-order valence-electron chi connectivity index (χ0n) is 8.57. The average Bonchev–Trinajstić information content (AvgIpc) is 2.75. The van der Waals surface area contributed by atoms with E-state index in [1.54, 1.807) is 18.3 Å². The van der Waals surface area contributed by atoms with E-state index >= 15 is 0 Å². The van der Waals surface area contributed by atoms with Gasteiger partial charge in [-0.1, -0.05) is 25.7 Å². The van der Waals surface area contributed by atoms with Crippen molar-refractivity contribution in [1.82, 2.24) is 4.98 Å². The van der Waals surface area contributed by atoms with Gasteiger partial charge >= 0.3 is 0 Å². The van der Waals surface area contributed by atoms with Crippen LogP contribution in [0.15, 0.2) is 5.38 Å². The second-order valence-electron chi connectivity index (χ2n) is 4.20. The van der Waals surface area contributed by atoms with Gasteiger partial charge in [0.15, 0.2) is 0 Å². The van der Waals surface area contributed by atoms with E-state index in [1.165, 1.54) is 30.7 Å². The lowest BCUT2D eigenvalue weighted by atomic mass is 10.1. The van der Waals surface area contributed by atoms with Crippen molar-refractivity contribution in [2.75, 3.05) is 0 Å². The highest BCUT2D eigenvalue weighted by Crippen LogP contribution is 2.29. The summed E-state index contributed by atoms with van der Waals surface area (Å²) in [6.45, 7) is 1.77. The van der Waals surface area contributed by atoms with Crippen LogP contribution in [0, 0.1) is 5.92 Å². The Labute approximate surface area is 89.0 Å². The third-order valence-corrected chi connectivity index (χ3v) is 3.82. The van der Waals surface area contributed by atoms with Crippen molar-refractivity contribution in [3.63, 3.8) is 0 Å². The molecule has 2 rings (SSSR count). The van der Waals surface area contributed by atoms with Gasteiger partial charge in [0.1, 0.15) is 0 Å². The first-order valence-electron chi connectivity index (χ1n) is 5.38. The van der Waals surface area contributed by atoms with Gasteiger partial charge in [-0.2, -0.15) is 0 Å².